The molecule has 1 N–H and O–H groups in total. The highest BCUT2D eigenvalue weighted by molar-refractivity contribution is 7.09. The average Bonchev–Trinajstić information content (AvgIpc) is 3.13. The van der Waals surface area contributed by atoms with E-state index in [-0.39, 0.29) is 6.10 Å². The molecule has 1 aromatic heterocycles. The Kier molecular flexibility index (Phi) is 8.54. The van der Waals surface area contributed by atoms with Gasteiger partial charge < -0.3 is 19.7 Å². The fourth-order valence-corrected chi connectivity index (χ4v) is 3.34. The molecule has 0 saturated carbocycles. The Bertz CT molecular complexity index is 732. The molecule has 0 amide bonds. The van der Waals surface area contributed by atoms with Crippen molar-refractivity contribution in [2.24, 2.45) is 4.99 Å². The van der Waals surface area contributed by atoms with Gasteiger partial charge in [0.1, 0.15) is 23.5 Å². The van der Waals surface area contributed by atoms with Crippen LogP contribution in [0.15, 0.2) is 34.6 Å². The minimum absolute atomic E-state index is 0.0227. The molecular formula is C20H30N4O2S. The summed E-state index contributed by atoms with van der Waals surface area (Å²) < 4.78 is 11.2. The monoisotopic (exact) mass is 390 g/mol. The predicted octanol–water partition coefficient (Wildman–Crippen LogP) is 3.64. The maximum absolute atomic E-state index is 5.83. The van der Waals surface area contributed by atoms with Crippen molar-refractivity contribution in [3.8, 4) is 5.75 Å². The van der Waals surface area contributed by atoms with E-state index in [9.17, 15) is 0 Å². The van der Waals surface area contributed by atoms with Crippen molar-refractivity contribution in [3.63, 3.8) is 0 Å². The van der Waals surface area contributed by atoms with Gasteiger partial charge in [-0.3, -0.25) is 0 Å². The molecule has 0 fully saturated rings. The number of aliphatic imine (C=N–C) groups is 1. The average molecular weight is 391 g/mol. The second kappa shape index (κ2) is 10.9. The van der Waals surface area contributed by atoms with E-state index in [1.165, 1.54) is 0 Å². The first-order chi connectivity index (χ1) is 13.0. The second-order valence-corrected chi connectivity index (χ2v) is 7.15. The zero-order chi connectivity index (χ0) is 19.6. The lowest BCUT2D eigenvalue weighted by Crippen LogP contribution is -2.38. The van der Waals surface area contributed by atoms with Crippen LogP contribution in [0.25, 0.3) is 0 Å². The van der Waals surface area contributed by atoms with Crippen LogP contribution in [0.3, 0.4) is 0 Å². The summed E-state index contributed by atoms with van der Waals surface area (Å²) in [5.74, 6) is 1.76. The van der Waals surface area contributed by atoms with Crippen LogP contribution in [-0.4, -0.2) is 49.7 Å². The Hall–Kier alpha value is -2.12. The fourth-order valence-electron chi connectivity index (χ4n) is 2.50. The van der Waals surface area contributed by atoms with Crippen molar-refractivity contribution < 1.29 is 9.47 Å². The van der Waals surface area contributed by atoms with Gasteiger partial charge in [0.2, 0.25) is 0 Å². The summed E-state index contributed by atoms with van der Waals surface area (Å²) in [6, 6.07) is 8.02. The molecule has 2 rings (SSSR count). The summed E-state index contributed by atoms with van der Waals surface area (Å²) in [5, 5.41) is 6.40. The Morgan fingerprint density at radius 2 is 2.15 bits per heavy atom. The maximum atomic E-state index is 5.83. The molecule has 0 spiro atoms. The molecule has 1 atom stereocenters. The molecule has 0 saturated heterocycles. The molecule has 1 heterocycles. The standard InChI is InChI=1S/C20H30N4O2S/c1-6-21-20(22-11-12-26-18-10-8-7-9-15(18)2)24(4)13-17-14-27-19(23-17)16(3)25-5/h7-10,14,16H,6,11-13H2,1-5H3,(H,21,22). The van der Waals surface area contributed by atoms with E-state index in [1.54, 1.807) is 18.4 Å². The molecule has 0 aliphatic heterocycles. The minimum Gasteiger partial charge on any atom is -0.491 e. The normalized spacial score (nSPS) is 12.7. The number of nitrogens with zero attached hydrogens (tertiary/aromatic N) is 3. The molecule has 27 heavy (non-hydrogen) atoms. The van der Waals surface area contributed by atoms with Crippen molar-refractivity contribution in [1.82, 2.24) is 15.2 Å². The van der Waals surface area contributed by atoms with E-state index in [0.29, 0.717) is 19.7 Å². The number of para-hydroxylation sites is 1. The number of aromatic nitrogens is 1. The van der Waals surface area contributed by atoms with Gasteiger partial charge >= 0.3 is 0 Å². The third-order valence-electron chi connectivity index (χ3n) is 4.07. The SMILES string of the molecule is CCNC(=NCCOc1ccccc1C)N(C)Cc1csc(C(C)OC)n1. The van der Waals surface area contributed by atoms with Crippen molar-refractivity contribution in [1.29, 1.82) is 0 Å². The summed E-state index contributed by atoms with van der Waals surface area (Å²) in [4.78, 5) is 11.4. The van der Waals surface area contributed by atoms with E-state index in [2.05, 4.69) is 32.5 Å². The van der Waals surface area contributed by atoms with Crippen molar-refractivity contribution in [3.05, 3.63) is 45.9 Å². The zero-order valence-electron chi connectivity index (χ0n) is 16.9. The smallest absolute Gasteiger partial charge is 0.194 e. The topological polar surface area (TPSA) is 59.0 Å². The molecule has 0 bridgehead atoms. The van der Waals surface area contributed by atoms with E-state index in [0.717, 1.165) is 34.5 Å². The van der Waals surface area contributed by atoms with E-state index >= 15 is 0 Å². The second-order valence-electron chi connectivity index (χ2n) is 6.26. The van der Waals surface area contributed by atoms with Gasteiger partial charge in [-0.1, -0.05) is 18.2 Å². The summed E-state index contributed by atoms with van der Waals surface area (Å²) in [6.45, 7) is 8.75. The zero-order valence-corrected chi connectivity index (χ0v) is 17.7. The highest BCUT2D eigenvalue weighted by Gasteiger charge is 2.12. The Balaban J connectivity index is 1.91. The van der Waals surface area contributed by atoms with E-state index in [1.807, 2.05) is 45.2 Å². The summed E-state index contributed by atoms with van der Waals surface area (Å²) in [7, 11) is 3.72. The number of methoxy groups -OCH3 is 1. The van der Waals surface area contributed by atoms with Gasteiger partial charge in [-0.25, -0.2) is 9.98 Å². The molecule has 1 unspecified atom stereocenters. The summed E-state index contributed by atoms with van der Waals surface area (Å²) in [6.07, 6.45) is 0.0227. The van der Waals surface area contributed by atoms with Crippen LogP contribution in [0.1, 0.15) is 36.2 Å². The van der Waals surface area contributed by atoms with Crippen LogP contribution in [0.4, 0.5) is 0 Å². The van der Waals surface area contributed by atoms with Gasteiger partial charge in [-0.2, -0.15) is 0 Å². The third kappa shape index (κ3) is 6.52. The Labute approximate surface area is 166 Å². The maximum Gasteiger partial charge on any atom is 0.194 e. The van der Waals surface area contributed by atoms with E-state index < -0.39 is 0 Å². The molecule has 0 aliphatic carbocycles. The van der Waals surface area contributed by atoms with E-state index in [4.69, 9.17) is 9.47 Å². The van der Waals surface area contributed by atoms with Gasteiger partial charge in [0, 0.05) is 26.1 Å². The molecule has 1 aromatic carbocycles. The van der Waals surface area contributed by atoms with Crippen LogP contribution >= 0.6 is 11.3 Å². The van der Waals surface area contributed by atoms with Crippen molar-refractivity contribution in [2.75, 3.05) is 33.9 Å². The van der Waals surface area contributed by atoms with Crippen LogP contribution in [0.2, 0.25) is 0 Å². The van der Waals surface area contributed by atoms with Gasteiger partial charge in [0.05, 0.1) is 18.8 Å². The lowest BCUT2D eigenvalue weighted by molar-refractivity contribution is 0.119. The van der Waals surface area contributed by atoms with Gasteiger partial charge in [0.15, 0.2) is 5.96 Å². The summed E-state index contributed by atoms with van der Waals surface area (Å²) >= 11 is 1.63. The van der Waals surface area contributed by atoms with Crippen molar-refractivity contribution >= 4 is 17.3 Å². The number of rotatable bonds is 9. The predicted molar refractivity (Wildman–Crippen MR) is 112 cm³/mol. The Morgan fingerprint density at radius 3 is 2.85 bits per heavy atom. The molecule has 7 heteroatoms. The number of thiazole rings is 1. The number of ether oxygens (including phenoxy) is 2. The molecule has 0 aliphatic rings. The number of nitrogens with one attached hydrogen (secondary N) is 1. The first-order valence-corrected chi connectivity index (χ1v) is 10.1. The minimum atomic E-state index is 0.0227. The number of benzene rings is 1. The van der Waals surface area contributed by atoms with Crippen LogP contribution in [0, 0.1) is 6.92 Å². The first-order valence-electron chi connectivity index (χ1n) is 9.20. The molecule has 148 valence electrons. The fraction of sp³-hybridized carbons (Fsp3) is 0.500. The molecule has 6 nitrogen and oxygen atoms in total. The highest BCUT2D eigenvalue weighted by atomic mass is 32.1. The number of guanidine groups is 1. The lowest BCUT2D eigenvalue weighted by Gasteiger charge is -2.21. The van der Waals surface area contributed by atoms with Gasteiger partial charge in [0.25, 0.3) is 0 Å². The number of aryl methyl sites for hydroxylation is 1. The van der Waals surface area contributed by atoms with Crippen LogP contribution < -0.4 is 10.1 Å². The number of hydrogen-bond acceptors (Lipinski definition) is 5. The first kappa shape index (κ1) is 21.2. The summed E-state index contributed by atoms with van der Waals surface area (Å²) in [5.41, 5.74) is 2.15. The largest absolute Gasteiger partial charge is 0.491 e. The molecule has 2 aromatic rings. The van der Waals surface area contributed by atoms with Crippen molar-refractivity contribution in [2.45, 2.75) is 33.4 Å². The molecule has 0 radical (unpaired) electrons. The van der Waals surface area contributed by atoms with Gasteiger partial charge in [-0.15, -0.1) is 11.3 Å². The third-order valence-corrected chi connectivity index (χ3v) is 5.13. The van der Waals surface area contributed by atoms with Crippen LogP contribution in [-0.2, 0) is 11.3 Å². The van der Waals surface area contributed by atoms with Crippen LogP contribution in [0.5, 0.6) is 5.75 Å². The quantitative estimate of drug-likeness (QED) is 0.402. The highest BCUT2D eigenvalue weighted by Crippen LogP contribution is 2.21. The molecular weight excluding hydrogens is 360 g/mol. The number of hydrogen-bond donors (Lipinski definition) is 1. The van der Waals surface area contributed by atoms with Gasteiger partial charge in [-0.05, 0) is 32.4 Å². The lowest BCUT2D eigenvalue weighted by atomic mass is 10.2. The Morgan fingerprint density at radius 1 is 1.37 bits per heavy atom.